The molecule has 1 aliphatic heterocycles. The largest absolute Gasteiger partial charge is 0.497 e. The summed E-state index contributed by atoms with van der Waals surface area (Å²) in [6.45, 7) is 3.96. The first-order valence-electron chi connectivity index (χ1n) is 11.6. The average molecular weight is 527 g/mol. The Kier molecular flexibility index (Phi) is 7.96. The summed E-state index contributed by atoms with van der Waals surface area (Å²) in [5.41, 5.74) is 1.95. The van der Waals surface area contributed by atoms with Crippen LogP contribution in [0.4, 0.5) is 0 Å². The maximum Gasteiger partial charge on any atom is 0.338 e. The lowest BCUT2D eigenvalue weighted by Crippen LogP contribution is -2.40. The third-order valence-corrected chi connectivity index (χ3v) is 7.14. The summed E-state index contributed by atoms with van der Waals surface area (Å²) in [4.78, 5) is 32.5. The first-order chi connectivity index (χ1) is 17.4. The van der Waals surface area contributed by atoms with Crippen molar-refractivity contribution >= 4 is 35.0 Å². The molecule has 4 rings (SSSR count). The Labute approximate surface area is 217 Å². The molecule has 3 aromatic rings. The van der Waals surface area contributed by atoms with E-state index in [4.69, 9.17) is 30.8 Å². The fraction of sp³-hybridized carbons (Fsp3) is 0.296. The van der Waals surface area contributed by atoms with E-state index < -0.39 is 12.0 Å². The van der Waals surface area contributed by atoms with E-state index in [1.807, 2.05) is 25.1 Å². The Morgan fingerprint density at radius 1 is 1.17 bits per heavy atom. The summed E-state index contributed by atoms with van der Waals surface area (Å²) in [5.74, 6) is 0.572. The molecule has 0 amide bonds. The average Bonchev–Trinajstić information content (AvgIpc) is 3.19. The van der Waals surface area contributed by atoms with Gasteiger partial charge in [-0.05, 0) is 49.2 Å². The summed E-state index contributed by atoms with van der Waals surface area (Å²) in [6.07, 6.45) is 3.06. The van der Waals surface area contributed by atoms with Crippen molar-refractivity contribution in [3.8, 4) is 11.5 Å². The number of carbonyl (C=O) groups is 1. The molecule has 9 heteroatoms. The molecule has 0 radical (unpaired) electrons. The van der Waals surface area contributed by atoms with Crippen molar-refractivity contribution in [3.63, 3.8) is 0 Å². The van der Waals surface area contributed by atoms with Gasteiger partial charge < -0.3 is 14.2 Å². The predicted octanol–water partition coefficient (Wildman–Crippen LogP) is 4.25. The number of ether oxygens (including phenoxy) is 3. The number of fused-ring (bicyclic) bond motifs is 1. The number of hydrogen-bond acceptors (Lipinski definition) is 7. The molecule has 1 atom stereocenters. The van der Waals surface area contributed by atoms with Crippen molar-refractivity contribution in [3.05, 3.63) is 89.6 Å². The third kappa shape index (κ3) is 4.83. The number of carbonyl (C=O) groups excluding carboxylic acids is 1. The highest BCUT2D eigenvalue weighted by atomic mass is 35.5. The zero-order chi connectivity index (χ0) is 25.8. The van der Waals surface area contributed by atoms with Crippen LogP contribution < -0.4 is 24.4 Å². The molecule has 188 valence electrons. The first-order valence-corrected chi connectivity index (χ1v) is 12.8. The van der Waals surface area contributed by atoms with E-state index in [-0.39, 0.29) is 12.2 Å². The number of halogens is 1. The van der Waals surface area contributed by atoms with Crippen LogP contribution in [-0.4, -0.2) is 31.4 Å². The third-order valence-electron chi connectivity index (χ3n) is 5.82. The molecule has 0 fully saturated rings. The molecule has 0 saturated carbocycles. The number of thiazole rings is 1. The second kappa shape index (κ2) is 11.1. The van der Waals surface area contributed by atoms with Crippen LogP contribution in [0.15, 0.2) is 63.5 Å². The van der Waals surface area contributed by atoms with Gasteiger partial charge in [0.05, 0.1) is 36.6 Å². The lowest BCUT2D eigenvalue weighted by Gasteiger charge is -2.27. The Morgan fingerprint density at radius 2 is 1.94 bits per heavy atom. The Balaban J connectivity index is 2.07. The fourth-order valence-corrected chi connectivity index (χ4v) is 5.40. The Morgan fingerprint density at radius 3 is 2.61 bits per heavy atom. The number of allylic oxidation sites excluding steroid dienone is 1. The van der Waals surface area contributed by atoms with Gasteiger partial charge in [-0.15, -0.1) is 0 Å². The molecule has 1 aromatic heterocycles. The first kappa shape index (κ1) is 25.7. The van der Waals surface area contributed by atoms with Crippen LogP contribution in [-0.2, 0) is 9.53 Å². The van der Waals surface area contributed by atoms with Crippen LogP contribution >= 0.6 is 22.9 Å². The molecular formula is C27H27ClN2O5S. The number of rotatable bonds is 8. The van der Waals surface area contributed by atoms with E-state index >= 15 is 0 Å². The monoisotopic (exact) mass is 526 g/mol. The van der Waals surface area contributed by atoms with E-state index in [0.717, 1.165) is 12.0 Å². The molecule has 7 nitrogen and oxygen atoms in total. The van der Waals surface area contributed by atoms with Crippen molar-refractivity contribution in [1.29, 1.82) is 0 Å². The van der Waals surface area contributed by atoms with Gasteiger partial charge in [0.25, 0.3) is 5.56 Å². The maximum atomic E-state index is 13.8. The number of nitrogens with zero attached hydrogens (tertiary/aromatic N) is 2. The highest BCUT2D eigenvalue weighted by Gasteiger charge is 2.36. The van der Waals surface area contributed by atoms with Crippen molar-refractivity contribution in [2.24, 2.45) is 4.99 Å². The normalized spacial score (nSPS) is 15.4. The lowest BCUT2D eigenvalue weighted by molar-refractivity contribution is -0.139. The number of aromatic nitrogens is 1. The SMILES string of the molecule is CCCC1=C(C(=O)OCC)[C@H](c2cc(OC)ccc2OC)n2c(s/c(=C/c3ccccc3Cl)c2=O)=N1. The van der Waals surface area contributed by atoms with E-state index in [0.29, 0.717) is 49.1 Å². The molecule has 0 unspecified atom stereocenters. The van der Waals surface area contributed by atoms with Gasteiger partial charge in [-0.2, -0.15) is 0 Å². The van der Waals surface area contributed by atoms with Crippen LogP contribution in [0.5, 0.6) is 11.5 Å². The molecule has 0 N–H and O–H groups in total. The van der Waals surface area contributed by atoms with Crippen LogP contribution in [0.1, 0.15) is 43.9 Å². The van der Waals surface area contributed by atoms with E-state index in [2.05, 4.69) is 0 Å². The predicted molar refractivity (Wildman–Crippen MR) is 141 cm³/mol. The highest BCUT2D eigenvalue weighted by molar-refractivity contribution is 7.07. The van der Waals surface area contributed by atoms with Crippen LogP contribution in [0.3, 0.4) is 0 Å². The topological polar surface area (TPSA) is 79.1 Å². The number of methoxy groups -OCH3 is 2. The quantitative estimate of drug-likeness (QED) is 0.410. The molecule has 2 aromatic carbocycles. The fourth-order valence-electron chi connectivity index (χ4n) is 4.20. The van der Waals surface area contributed by atoms with Crippen molar-refractivity contribution in [2.75, 3.05) is 20.8 Å². The number of benzene rings is 2. The molecule has 0 spiro atoms. The Bertz CT molecular complexity index is 1510. The lowest BCUT2D eigenvalue weighted by atomic mass is 9.93. The van der Waals surface area contributed by atoms with Gasteiger partial charge in [0.2, 0.25) is 0 Å². The number of esters is 1. The highest BCUT2D eigenvalue weighted by Crippen LogP contribution is 2.38. The molecule has 0 saturated heterocycles. The summed E-state index contributed by atoms with van der Waals surface area (Å²) < 4.78 is 18.6. The molecule has 36 heavy (non-hydrogen) atoms. The van der Waals surface area contributed by atoms with E-state index in [1.165, 1.54) is 15.9 Å². The van der Waals surface area contributed by atoms with Crippen LogP contribution in [0.25, 0.3) is 6.08 Å². The molecule has 0 bridgehead atoms. The molecule has 0 aliphatic carbocycles. The van der Waals surface area contributed by atoms with Gasteiger partial charge in [0.1, 0.15) is 17.5 Å². The summed E-state index contributed by atoms with van der Waals surface area (Å²) in [7, 11) is 3.11. The van der Waals surface area contributed by atoms with Gasteiger partial charge >= 0.3 is 5.97 Å². The van der Waals surface area contributed by atoms with Crippen molar-refractivity contribution in [1.82, 2.24) is 4.57 Å². The Hall–Kier alpha value is -3.36. The second-order valence-electron chi connectivity index (χ2n) is 8.04. The van der Waals surface area contributed by atoms with Crippen LogP contribution in [0, 0.1) is 0 Å². The van der Waals surface area contributed by atoms with Gasteiger partial charge in [0.15, 0.2) is 4.80 Å². The van der Waals surface area contributed by atoms with Crippen LogP contribution in [0.2, 0.25) is 5.02 Å². The van der Waals surface area contributed by atoms with E-state index in [1.54, 1.807) is 51.5 Å². The van der Waals surface area contributed by atoms with Gasteiger partial charge in [-0.25, -0.2) is 9.79 Å². The molecule has 1 aliphatic rings. The minimum absolute atomic E-state index is 0.195. The van der Waals surface area contributed by atoms with Gasteiger partial charge in [0, 0.05) is 10.6 Å². The van der Waals surface area contributed by atoms with Gasteiger partial charge in [-0.3, -0.25) is 9.36 Å². The number of hydrogen-bond donors (Lipinski definition) is 0. The minimum Gasteiger partial charge on any atom is -0.497 e. The second-order valence-corrected chi connectivity index (χ2v) is 9.46. The standard InChI is InChI=1S/C27H27ClN2O5S/c1-5-9-20-23(26(32)35-6-2)24(18-15-17(33-3)12-13-21(18)34-4)30-25(31)22(36-27(30)29-20)14-16-10-7-8-11-19(16)28/h7-8,10-15,24H,5-6,9H2,1-4H3/b22-14+/t24-/m0/s1. The molecule has 2 heterocycles. The smallest absolute Gasteiger partial charge is 0.338 e. The van der Waals surface area contributed by atoms with E-state index in [9.17, 15) is 9.59 Å². The summed E-state index contributed by atoms with van der Waals surface area (Å²) in [5, 5.41) is 0.535. The zero-order valence-corrected chi connectivity index (χ0v) is 22.1. The summed E-state index contributed by atoms with van der Waals surface area (Å²) in [6, 6.07) is 11.8. The maximum absolute atomic E-state index is 13.8. The van der Waals surface area contributed by atoms with Gasteiger partial charge in [-0.1, -0.05) is 54.5 Å². The summed E-state index contributed by atoms with van der Waals surface area (Å²) >= 11 is 7.61. The zero-order valence-electron chi connectivity index (χ0n) is 20.5. The van der Waals surface area contributed by atoms with Crippen molar-refractivity contribution in [2.45, 2.75) is 32.7 Å². The molecular weight excluding hydrogens is 500 g/mol. The van der Waals surface area contributed by atoms with Crippen molar-refractivity contribution < 1.29 is 19.0 Å². The minimum atomic E-state index is -0.805.